The molecule has 1 aromatic carbocycles. The fraction of sp³-hybridized carbons (Fsp3) is 0.462. The molecule has 1 fully saturated rings. The van der Waals surface area contributed by atoms with Gasteiger partial charge in [0.2, 0.25) is 5.91 Å². The molecule has 1 aliphatic heterocycles. The third kappa shape index (κ3) is 1.69. The molecule has 1 saturated carbocycles. The third-order valence-electron chi connectivity index (χ3n) is 3.49. The summed E-state index contributed by atoms with van der Waals surface area (Å²) in [5.74, 6) is 0.0595. The van der Waals surface area contributed by atoms with Gasteiger partial charge in [-0.05, 0) is 25.0 Å². The number of nitrogens with zero attached hydrogens (tertiary/aromatic N) is 2. The summed E-state index contributed by atoms with van der Waals surface area (Å²) >= 11 is 0. The number of likely N-dealkylation sites (N-methyl/N-ethyl adjacent to an activating group) is 1. The van der Waals surface area contributed by atoms with E-state index in [9.17, 15) is 4.79 Å². The van der Waals surface area contributed by atoms with E-state index >= 15 is 0 Å². The molecule has 17 heavy (non-hydrogen) atoms. The van der Waals surface area contributed by atoms with Crippen molar-refractivity contribution in [3.63, 3.8) is 0 Å². The van der Waals surface area contributed by atoms with Gasteiger partial charge in [0.25, 0.3) is 0 Å². The summed E-state index contributed by atoms with van der Waals surface area (Å²) in [4.78, 5) is 16.3. The highest BCUT2D eigenvalue weighted by molar-refractivity contribution is 6.02. The van der Waals surface area contributed by atoms with E-state index in [-0.39, 0.29) is 5.91 Å². The van der Waals surface area contributed by atoms with E-state index in [1.165, 1.54) is 0 Å². The number of amides is 1. The van der Waals surface area contributed by atoms with E-state index in [4.69, 9.17) is 5.73 Å². The number of nitrogens with two attached hydrogens (primary N) is 1. The molecule has 3 rings (SSSR count). The molecule has 4 heteroatoms. The summed E-state index contributed by atoms with van der Waals surface area (Å²) in [6.07, 6.45) is 2.19. The lowest BCUT2D eigenvalue weighted by molar-refractivity contribution is -0.119. The van der Waals surface area contributed by atoms with Crippen LogP contribution in [0.25, 0.3) is 0 Å². The first-order valence-corrected chi connectivity index (χ1v) is 6.07. The molecule has 4 nitrogen and oxygen atoms in total. The molecular weight excluding hydrogens is 214 g/mol. The average Bonchev–Trinajstić information content (AvgIpc) is 3.13. The van der Waals surface area contributed by atoms with Crippen molar-refractivity contribution in [2.24, 2.45) is 5.73 Å². The van der Waals surface area contributed by atoms with Crippen LogP contribution in [0.15, 0.2) is 24.3 Å². The van der Waals surface area contributed by atoms with E-state index in [0.29, 0.717) is 12.6 Å². The molecule has 2 N–H and O–H groups in total. The van der Waals surface area contributed by atoms with Gasteiger partial charge < -0.3 is 15.5 Å². The van der Waals surface area contributed by atoms with Gasteiger partial charge in [-0.3, -0.25) is 4.79 Å². The number of carbonyl (C=O) groups is 1. The molecule has 0 radical (unpaired) electrons. The first-order chi connectivity index (χ1) is 8.18. The van der Waals surface area contributed by atoms with Gasteiger partial charge >= 0.3 is 0 Å². The van der Waals surface area contributed by atoms with Crippen LogP contribution in [0.5, 0.6) is 0 Å². The number of hydrogen-bond acceptors (Lipinski definition) is 3. The van der Waals surface area contributed by atoms with Crippen LogP contribution in [-0.2, 0) is 4.79 Å². The molecule has 0 bridgehead atoms. The maximum atomic E-state index is 12.3. The van der Waals surface area contributed by atoms with Gasteiger partial charge in [-0.15, -0.1) is 0 Å². The summed E-state index contributed by atoms with van der Waals surface area (Å²) < 4.78 is 0. The van der Waals surface area contributed by atoms with Gasteiger partial charge in [-0.25, -0.2) is 0 Å². The normalized spacial score (nSPS) is 24.6. The Hall–Kier alpha value is -1.55. The molecule has 1 aliphatic carbocycles. The number of para-hydroxylation sites is 2. The zero-order valence-corrected chi connectivity index (χ0v) is 9.97. The zero-order chi connectivity index (χ0) is 12.0. The van der Waals surface area contributed by atoms with Crippen molar-refractivity contribution in [3.8, 4) is 0 Å². The monoisotopic (exact) mass is 231 g/mol. The largest absolute Gasteiger partial charge is 0.371 e. The predicted molar refractivity (Wildman–Crippen MR) is 68.2 cm³/mol. The number of carbonyl (C=O) groups excluding carboxylic acids is 1. The molecule has 1 amide bonds. The summed E-state index contributed by atoms with van der Waals surface area (Å²) in [6.45, 7) is 0.582. The van der Waals surface area contributed by atoms with Gasteiger partial charge in [-0.1, -0.05) is 12.1 Å². The van der Waals surface area contributed by atoms with Crippen molar-refractivity contribution < 1.29 is 4.79 Å². The van der Waals surface area contributed by atoms with Crippen molar-refractivity contribution >= 4 is 17.3 Å². The summed E-state index contributed by atoms with van der Waals surface area (Å²) in [7, 11) is 1.99. The van der Waals surface area contributed by atoms with Gasteiger partial charge in [0.1, 0.15) is 6.04 Å². The van der Waals surface area contributed by atoms with Crippen molar-refractivity contribution in [2.45, 2.75) is 24.9 Å². The van der Waals surface area contributed by atoms with Crippen LogP contribution in [0, 0.1) is 0 Å². The molecule has 2 aliphatic rings. The van der Waals surface area contributed by atoms with Crippen LogP contribution in [0.3, 0.4) is 0 Å². The summed E-state index contributed by atoms with van der Waals surface area (Å²) in [5.41, 5.74) is 8.08. The van der Waals surface area contributed by atoms with E-state index < -0.39 is 6.04 Å². The topological polar surface area (TPSA) is 49.6 Å². The SMILES string of the molecule is CN1C[C@H](N)C(=O)N(C2CC2)c2ccccc21. The van der Waals surface area contributed by atoms with E-state index in [1.54, 1.807) is 0 Å². The summed E-state index contributed by atoms with van der Waals surface area (Å²) in [5, 5.41) is 0. The predicted octanol–water partition coefficient (Wildman–Crippen LogP) is 0.959. The minimum Gasteiger partial charge on any atom is -0.371 e. The molecular formula is C13H17N3O. The molecule has 0 spiro atoms. The van der Waals surface area contributed by atoms with Crippen molar-refractivity contribution in [3.05, 3.63) is 24.3 Å². The van der Waals surface area contributed by atoms with Crippen molar-refractivity contribution in [2.75, 3.05) is 23.4 Å². The van der Waals surface area contributed by atoms with Crippen molar-refractivity contribution in [1.29, 1.82) is 0 Å². The van der Waals surface area contributed by atoms with Crippen LogP contribution in [0.2, 0.25) is 0 Å². The maximum Gasteiger partial charge on any atom is 0.246 e. The molecule has 0 aromatic heterocycles. The first-order valence-electron chi connectivity index (χ1n) is 6.07. The van der Waals surface area contributed by atoms with Crippen LogP contribution >= 0.6 is 0 Å². The fourth-order valence-electron chi connectivity index (χ4n) is 2.47. The quantitative estimate of drug-likeness (QED) is 0.783. The Kier molecular flexibility index (Phi) is 2.33. The Morgan fingerprint density at radius 1 is 1.24 bits per heavy atom. The molecule has 90 valence electrons. The van der Waals surface area contributed by atoms with Crippen LogP contribution in [0.4, 0.5) is 11.4 Å². The second-order valence-electron chi connectivity index (χ2n) is 4.92. The molecule has 0 unspecified atom stereocenters. The average molecular weight is 231 g/mol. The van der Waals surface area contributed by atoms with E-state index in [2.05, 4.69) is 11.0 Å². The summed E-state index contributed by atoms with van der Waals surface area (Å²) in [6, 6.07) is 7.98. The highest BCUT2D eigenvalue weighted by Gasteiger charge is 2.39. The highest BCUT2D eigenvalue weighted by Crippen LogP contribution is 2.38. The van der Waals surface area contributed by atoms with Gasteiger partial charge in [0, 0.05) is 19.6 Å². The minimum absolute atomic E-state index is 0.0595. The lowest BCUT2D eigenvalue weighted by atomic mass is 10.2. The number of benzene rings is 1. The standard InChI is InChI=1S/C13H17N3O/c1-15-8-10(14)13(17)16(9-6-7-9)12-5-3-2-4-11(12)15/h2-5,9-10H,6-8,14H2,1H3/t10-/m0/s1. The Morgan fingerprint density at radius 3 is 2.53 bits per heavy atom. The van der Waals surface area contributed by atoms with Gasteiger partial charge in [-0.2, -0.15) is 0 Å². The first kappa shape index (κ1) is 10.6. The Bertz CT molecular complexity index is 456. The van der Waals surface area contributed by atoms with Crippen molar-refractivity contribution in [1.82, 2.24) is 0 Å². The smallest absolute Gasteiger partial charge is 0.246 e. The highest BCUT2D eigenvalue weighted by atomic mass is 16.2. The molecule has 1 atom stereocenters. The van der Waals surface area contributed by atoms with Gasteiger partial charge in [0.15, 0.2) is 0 Å². The second-order valence-corrected chi connectivity index (χ2v) is 4.92. The number of fused-ring (bicyclic) bond motifs is 1. The Balaban J connectivity index is 2.11. The van der Waals surface area contributed by atoms with Crippen LogP contribution < -0.4 is 15.5 Å². The number of hydrogen-bond donors (Lipinski definition) is 1. The maximum absolute atomic E-state index is 12.3. The Labute approximate surface area is 101 Å². The lowest BCUT2D eigenvalue weighted by Gasteiger charge is -2.24. The fourth-order valence-corrected chi connectivity index (χ4v) is 2.47. The van der Waals surface area contributed by atoms with Crippen LogP contribution in [-0.4, -0.2) is 31.6 Å². The minimum atomic E-state index is -0.423. The van der Waals surface area contributed by atoms with E-state index in [0.717, 1.165) is 24.2 Å². The molecule has 0 saturated heterocycles. The van der Waals surface area contributed by atoms with E-state index in [1.807, 2.05) is 30.1 Å². The molecule has 1 aromatic rings. The number of anilines is 2. The Morgan fingerprint density at radius 2 is 1.88 bits per heavy atom. The zero-order valence-electron chi connectivity index (χ0n) is 9.97. The van der Waals surface area contributed by atoms with Gasteiger partial charge in [0.05, 0.1) is 11.4 Å². The number of rotatable bonds is 1. The third-order valence-corrected chi connectivity index (χ3v) is 3.49. The lowest BCUT2D eigenvalue weighted by Crippen LogP contribution is -2.47. The van der Waals surface area contributed by atoms with Crippen LogP contribution in [0.1, 0.15) is 12.8 Å². The molecule has 1 heterocycles. The second kappa shape index (κ2) is 3.74.